The molecule has 3 heterocycles. The Hall–Kier alpha value is -4.18. The summed E-state index contributed by atoms with van der Waals surface area (Å²) in [6.45, 7) is 3.18. The van der Waals surface area contributed by atoms with Crippen LogP contribution in [-0.4, -0.2) is 30.4 Å². The van der Waals surface area contributed by atoms with Crippen LogP contribution in [0.3, 0.4) is 0 Å². The first-order valence-electron chi connectivity index (χ1n) is 10.6. The van der Waals surface area contributed by atoms with E-state index in [1.165, 1.54) is 29.9 Å². The highest BCUT2D eigenvalue weighted by Crippen LogP contribution is 2.33. The molecular formula is C25H20N2O7S. The Morgan fingerprint density at radius 3 is 2.60 bits per heavy atom. The number of hydrogen-bond donors (Lipinski definition) is 0. The van der Waals surface area contributed by atoms with Gasteiger partial charge in [-0.1, -0.05) is 29.5 Å². The number of allylic oxidation sites excluding steroid dienone is 1. The van der Waals surface area contributed by atoms with Crippen LogP contribution < -0.4 is 29.1 Å². The van der Waals surface area contributed by atoms with Crippen LogP contribution in [0.1, 0.15) is 31.0 Å². The van der Waals surface area contributed by atoms with Crippen LogP contribution in [0.5, 0.6) is 17.2 Å². The van der Waals surface area contributed by atoms with Gasteiger partial charge in [0.15, 0.2) is 16.3 Å². The predicted molar refractivity (Wildman–Crippen MR) is 126 cm³/mol. The summed E-state index contributed by atoms with van der Waals surface area (Å²) < 4.78 is 22.9. The van der Waals surface area contributed by atoms with E-state index in [4.69, 9.17) is 18.9 Å². The van der Waals surface area contributed by atoms with E-state index in [2.05, 4.69) is 4.99 Å². The Morgan fingerprint density at radius 2 is 1.89 bits per heavy atom. The largest absolute Gasteiger partial charge is 0.466 e. The Bertz CT molecular complexity index is 1560. The van der Waals surface area contributed by atoms with E-state index < -0.39 is 18.0 Å². The molecule has 0 fully saturated rings. The number of benzene rings is 2. The van der Waals surface area contributed by atoms with E-state index in [0.29, 0.717) is 37.8 Å². The van der Waals surface area contributed by atoms with Crippen molar-refractivity contribution in [1.29, 1.82) is 0 Å². The number of carbonyl (C=O) groups is 2. The van der Waals surface area contributed by atoms with Gasteiger partial charge in [-0.25, -0.2) is 9.79 Å². The van der Waals surface area contributed by atoms with E-state index in [0.717, 1.165) is 5.56 Å². The molecule has 2 aromatic carbocycles. The lowest BCUT2D eigenvalue weighted by molar-refractivity contribution is -0.136. The molecule has 0 radical (unpaired) electrons. The van der Waals surface area contributed by atoms with E-state index in [1.807, 2.05) is 6.07 Å². The van der Waals surface area contributed by atoms with Crippen LogP contribution in [0.25, 0.3) is 6.08 Å². The average Bonchev–Trinajstić information content (AvgIpc) is 3.42. The number of fused-ring (bicyclic) bond motifs is 2. The lowest BCUT2D eigenvalue weighted by Crippen LogP contribution is -2.39. The average molecular weight is 493 g/mol. The molecule has 1 aromatic heterocycles. The number of methoxy groups -OCH3 is 1. The molecular weight excluding hydrogens is 472 g/mol. The number of ether oxygens (including phenoxy) is 4. The zero-order valence-electron chi connectivity index (χ0n) is 19.1. The first kappa shape index (κ1) is 22.6. The summed E-state index contributed by atoms with van der Waals surface area (Å²) in [4.78, 5) is 42.6. The molecule has 0 saturated heterocycles. The molecule has 5 rings (SSSR count). The molecule has 2 aliphatic rings. The first-order valence-corrected chi connectivity index (χ1v) is 11.5. The monoisotopic (exact) mass is 492 g/mol. The third kappa shape index (κ3) is 4.12. The molecule has 0 aliphatic carbocycles. The van der Waals surface area contributed by atoms with Crippen molar-refractivity contribution in [1.82, 2.24) is 4.57 Å². The van der Waals surface area contributed by atoms with Gasteiger partial charge in [-0.2, -0.15) is 0 Å². The van der Waals surface area contributed by atoms with Gasteiger partial charge >= 0.3 is 11.9 Å². The minimum atomic E-state index is -0.760. The molecule has 2 aliphatic heterocycles. The quantitative estimate of drug-likeness (QED) is 0.406. The van der Waals surface area contributed by atoms with Crippen molar-refractivity contribution >= 4 is 29.4 Å². The lowest BCUT2D eigenvalue weighted by atomic mass is 9.96. The molecule has 1 unspecified atom stereocenters. The SMILES string of the molecule is COC(=O)C1=C(C)N=c2sc(=Cc3ccc4c(c3)OCO4)c(=O)n2C1c1ccc(OC(C)=O)cc1. The number of thiazole rings is 1. The summed E-state index contributed by atoms with van der Waals surface area (Å²) in [7, 11) is 1.29. The second-order valence-electron chi connectivity index (χ2n) is 7.85. The Labute approximate surface area is 203 Å². The topological polar surface area (TPSA) is 105 Å². The maximum absolute atomic E-state index is 13.6. The fraction of sp³-hybridized carbons (Fsp3) is 0.200. The lowest BCUT2D eigenvalue weighted by Gasteiger charge is -2.24. The molecule has 3 aromatic rings. The Balaban J connectivity index is 1.65. The van der Waals surface area contributed by atoms with Crippen LogP contribution in [0, 0.1) is 0 Å². The number of nitrogens with zero attached hydrogens (tertiary/aromatic N) is 2. The van der Waals surface area contributed by atoms with Crippen molar-refractivity contribution in [2.24, 2.45) is 4.99 Å². The summed E-state index contributed by atoms with van der Waals surface area (Å²) in [5, 5.41) is 0. The first-order chi connectivity index (χ1) is 16.9. The third-order valence-electron chi connectivity index (χ3n) is 5.58. The summed E-state index contributed by atoms with van der Waals surface area (Å²) >= 11 is 1.23. The number of hydrogen-bond acceptors (Lipinski definition) is 9. The highest BCUT2D eigenvalue weighted by molar-refractivity contribution is 7.07. The smallest absolute Gasteiger partial charge is 0.338 e. The molecule has 0 saturated carbocycles. The third-order valence-corrected chi connectivity index (χ3v) is 6.56. The van der Waals surface area contributed by atoms with Crippen molar-refractivity contribution in [2.75, 3.05) is 13.9 Å². The van der Waals surface area contributed by atoms with Gasteiger partial charge in [-0.3, -0.25) is 14.2 Å². The van der Waals surface area contributed by atoms with Crippen LogP contribution >= 0.6 is 11.3 Å². The van der Waals surface area contributed by atoms with Gasteiger partial charge in [0.05, 0.1) is 29.0 Å². The molecule has 10 heteroatoms. The number of carbonyl (C=O) groups excluding carboxylic acids is 2. The fourth-order valence-corrected chi connectivity index (χ4v) is 5.09. The van der Waals surface area contributed by atoms with Crippen LogP contribution in [-0.2, 0) is 14.3 Å². The molecule has 0 amide bonds. The summed E-state index contributed by atoms with van der Waals surface area (Å²) in [6.07, 6.45) is 1.75. The Morgan fingerprint density at radius 1 is 1.14 bits per heavy atom. The van der Waals surface area contributed by atoms with Gasteiger partial charge in [-0.15, -0.1) is 0 Å². The van der Waals surface area contributed by atoms with Crippen molar-refractivity contribution < 1.29 is 28.5 Å². The van der Waals surface area contributed by atoms with Crippen molar-refractivity contribution in [3.63, 3.8) is 0 Å². The molecule has 0 N–H and O–H groups in total. The maximum atomic E-state index is 13.6. The van der Waals surface area contributed by atoms with E-state index in [9.17, 15) is 14.4 Å². The van der Waals surface area contributed by atoms with Crippen molar-refractivity contribution in [2.45, 2.75) is 19.9 Å². The van der Waals surface area contributed by atoms with E-state index >= 15 is 0 Å². The standard InChI is InChI=1S/C25H20N2O7S/c1-13-21(24(30)31-3)22(16-5-7-17(8-6-16)34-14(2)28)27-23(29)20(35-25(27)26-13)11-15-4-9-18-19(10-15)33-12-32-18/h4-11,22H,12H2,1-3H3. The normalized spacial score (nSPS) is 16.5. The highest BCUT2D eigenvalue weighted by Gasteiger charge is 2.33. The molecule has 35 heavy (non-hydrogen) atoms. The highest BCUT2D eigenvalue weighted by atomic mass is 32.1. The molecule has 0 spiro atoms. The molecule has 0 bridgehead atoms. The van der Waals surface area contributed by atoms with E-state index in [-0.39, 0.29) is 17.9 Å². The second kappa shape index (κ2) is 8.88. The van der Waals surface area contributed by atoms with Crippen LogP contribution in [0.4, 0.5) is 0 Å². The van der Waals surface area contributed by atoms with Gasteiger partial charge in [0.25, 0.3) is 5.56 Å². The van der Waals surface area contributed by atoms with Crippen molar-refractivity contribution in [3.05, 3.63) is 84.5 Å². The number of esters is 2. The summed E-state index contributed by atoms with van der Waals surface area (Å²) in [5.41, 5.74) is 1.84. The van der Waals surface area contributed by atoms with Crippen LogP contribution in [0.15, 0.2) is 63.5 Å². The zero-order valence-corrected chi connectivity index (χ0v) is 19.9. The molecule has 178 valence electrons. The number of aromatic nitrogens is 1. The van der Waals surface area contributed by atoms with Gasteiger partial charge < -0.3 is 18.9 Å². The predicted octanol–water partition coefficient (Wildman–Crippen LogP) is 2.06. The van der Waals surface area contributed by atoms with Gasteiger partial charge in [0.1, 0.15) is 5.75 Å². The second-order valence-corrected chi connectivity index (χ2v) is 8.86. The minimum Gasteiger partial charge on any atom is -0.466 e. The van der Waals surface area contributed by atoms with Gasteiger partial charge in [-0.05, 0) is 48.4 Å². The minimum absolute atomic E-state index is 0.160. The summed E-state index contributed by atoms with van der Waals surface area (Å²) in [6, 6.07) is 11.3. The number of rotatable bonds is 4. The summed E-state index contributed by atoms with van der Waals surface area (Å²) in [5.74, 6) is 0.600. The molecule has 1 atom stereocenters. The van der Waals surface area contributed by atoms with Crippen LogP contribution in [0.2, 0.25) is 0 Å². The zero-order chi connectivity index (χ0) is 24.7. The van der Waals surface area contributed by atoms with Gasteiger partial charge in [0.2, 0.25) is 6.79 Å². The Kier molecular flexibility index (Phi) is 5.73. The van der Waals surface area contributed by atoms with Gasteiger partial charge in [0, 0.05) is 6.92 Å². The van der Waals surface area contributed by atoms with E-state index in [1.54, 1.807) is 49.4 Å². The maximum Gasteiger partial charge on any atom is 0.338 e. The molecule has 9 nitrogen and oxygen atoms in total. The fourth-order valence-electron chi connectivity index (χ4n) is 4.05. The van der Waals surface area contributed by atoms with Crippen molar-refractivity contribution in [3.8, 4) is 17.2 Å².